The summed E-state index contributed by atoms with van der Waals surface area (Å²) in [5.41, 5.74) is 2.34. The molecule has 0 spiro atoms. The quantitative estimate of drug-likeness (QED) is 0.833. The molecule has 0 saturated carbocycles. The largest absolute Gasteiger partial charge is 0.424 e. The van der Waals surface area contributed by atoms with E-state index in [1.807, 2.05) is 13.1 Å². The van der Waals surface area contributed by atoms with Crippen LogP contribution < -0.4 is 0 Å². The summed E-state index contributed by atoms with van der Waals surface area (Å²) in [6, 6.07) is 0.121. The highest BCUT2D eigenvalue weighted by molar-refractivity contribution is 5.19. The maximum atomic E-state index is 5.64. The first-order valence-corrected chi connectivity index (χ1v) is 6.62. The van der Waals surface area contributed by atoms with E-state index in [1.165, 1.54) is 5.56 Å². The molecule has 6 nitrogen and oxygen atoms in total. The van der Waals surface area contributed by atoms with Crippen molar-refractivity contribution in [3.63, 3.8) is 0 Å². The Labute approximate surface area is 111 Å². The van der Waals surface area contributed by atoms with Crippen LogP contribution in [0.25, 0.3) is 0 Å². The summed E-state index contributed by atoms with van der Waals surface area (Å²) in [5, 5.41) is 8.15. The second-order valence-electron chi connectivity index (χ2n) is 4.78. The van der Waals surface area contributed by atoms with Crippen LogP contribution in [-0.2, 0) is 19.4 Å². The highest BCUT2D eigenvalue weighted by Crippen LogP contribution is 2.25. The standard InChI is InChI=1S/C13H17N5O/c1-3-12-16-17-13(19-12)9(2)18-5-4-10-6-14-8-15-11(10)7-18/h6,8-9H,3-5,7H2,1-2H3/t9-/m0/s1. The summed E-state index contributed by atoms with van der Waals surface area (Å²) >= 11 is 0. The van der Waals surface area contributed by atoms with E-state index in [0.29, 0.717) is 11.8 Å². The van der Waals surface area contributed by atoms with Gasteiger partial charge in [0, 0.05) is 25.7 Å². The first-order chi connectivity index (χ1) is 9.28. The van der Waals surface area contributed by atoms with Gasteiger partial charge in [-0.15, -0.1) is 10.2 Å². The topological polar surface area (TPSA) is 67.9 Å². The molecule has 0 amide bonds. The van der Waals surface area contributed by atoms with E-state index in [9.17, 15) is 0 Å². The van der Waals surface area contributed by atoms with Gasteiger partial charge in [0.1, 0.15) is 6.33 Å². The van der Waals surface area contributed by atoms with Gasteiger partial charge in [-0.1, -0.05) is 6.92 Å². The van der Waals surface area contributed by atoms with Crippen LogP contribution in [0.5, 0.6) is 0 Å². The third-order valence-electron chi connectivity index (χ3n) is 3.59. The summed E-state index contributed by atoms with van der Waals surface area (Å²) in [5.74, 6) is 1.39. The van der Waals surface area contributed by atoms with Crippen LogP contribution in [0.3, 0.4) is 0 Å². The van der Waals surface area contributed by atoms with Gasteiger partial charge in [-0.05, 0) is 18.9 Å². The van der Waals surface area contributed by atoms with Crippen molar-refractivity contribution in [2.75, 3.05) is 6.54 Å². The van der Waals surface area contributed by atoms with E-state index in [-0.39, 0.29) is 6.04 Å². The summed E-state index contributed by atoms with van der Waals surface area (Å²) in [4.78, 5) is 10.7. The second kappa shape index (κ2) is 5.05. The molecule has 100 valence electrons. The monoisotopic (exact) mass is 259 g/mol. The van der Waals surface area contributed by atoms with Crippen molar-refractivity contribution in [1.82, 2.24) is 25.1 Å². The van der Waals surface area contributed by atoms with Gasteiger partial charge in [0.05, 0.1) is 11.7 Å². The van der Waals surface area contributed by atoms with Crippen LogP contribution in [0.15, 0.2) is 16.9 Å². The van der Waals surface area contributed by atoms with Crippen LogP contribution in [-0.4, -0.2) is 31.6 Å². The molecule has 0 N–H and O–H groups in total. The van der Waals surface area contributed by atoms with Crippen molar-refractivity contribution in [2.45, 2.75) is 39.3 Å². The molecule has 0 fully saturated rings. The normalized spacial score (nSPS) is 17.2. The van der Waals surface area contributed by atoms with Gasteiger partial charge in [-0.3, -0.25) is 4.90 Å². The van der Waals surface area contributed by atoms with Crippen LogP contribution in [0.1, 0.15) is 42.9 Å². The number of hydrogen-bond acceptors (Lipinski definition) is 6. The maximum absolute atomic E-state index is 5.64. The third-order valence-corrected chi connectivity index (χ3v) is 3.59. The fourth-order valence-corrected chi connectivity index (χ4v) is 2.34. The molecule has 0 unspecified atom stereocenters. The summed E-state index contributed by atoms with van der Waals surface area (Å²) in [6.45, 7) is 5.88. The summed E-state index contributed by atoms with van der Waals surface area (Å²) in [7, 11) is 0. The smallest absolute Gasteiger partial charge is 0.233 e. The molecule has 0 saturated heterocycles. The van der Waals surface area contributed by atoms with Crippen LogP contribution in [0.4, 0.5) is 0 Å². The molecule has 0 aromatic carbocycles. The van der Waals surface area contributed by atoms with E-state index in [0.717, 1.165) is 31.6 Å². The fraction of sp³-hybridized carbons (Fsp3) is 0.538. The molecule has 3 heterocycles. The molecular weight excluding hydrogens is 242 g/mol. The molecule has 19 heavy (non-hydrogen) atoms. The Balaban J connectivity index is 1.77. The Morgan fingerprint density at radius 3 is 3.11 bits per heavy atom. The molecule has 1 aliphatic rings. The lowest BCUT2D eigenvalue weighted by molar-refractivity contribution is 0.162. The van der Waals surface area contributed by atoms with Crippen molar-refractivity contribution >= 4 is 0 Å². The highest BCUT2D eigenvalue weighted by atomic mass is 16.4. The first kappa shape index (κ1) is 12.2. The predicted molar refractivity (Wildman–Crippen MR) is 68.2 cm³/mol. The average molecular weight is 259 g/mol. The van der Waals surface area contributed by atoms with Gasteiger partial charge in [-0.2, -0.15) is 0 Å². The van der Waals surface area contributed by atoms with Gasteiger partial charge in [0.25, 0.3) is 0 Å². The molecular formula is C13H17N5O. The summed E-state index contributed by atoms with van der Waals surface area (Å²) in [6.07, 6.45) is 5.26. The van der Waals surface area contributed by atoms with Gasteiger partial charge >= 0.3 is 0 Å². The molecule has 1 aliphatic heterocycles. The van der Waals surface area contributed by atoms with Gasteiger partial charge in [0.2, 0.25) is 11.8 Å². The third kappa shape index (κ3) is 2.35. The highest BCUT2D eigenvalue weighted by Gasteiger charge is 2.25. The second-order valence-corrected chi connectivity index (χ2v) is 4.78. The summed E-state index contributed by atoms with van der Waals surface area (Å²) < 4.78 is 5.64. The number of fused-ring (bicyclic) bond motifs is 1. The predicted octanol–water partition coefficient (Wildman–Crippen LogP) is 1.54. The number of aryl methyl sites for hydroxylation is 1. The first-order valence-electron chi connectivity index (χ1n) is 6.62. The number of aromatic nitrogens is 4. The molecule has 0 bridgehead atoms. The van der Waals surface area contributed by atoms with E-state index in [4.69, 9.17) is 4.42 Å². The number of hydrogen-bond donors (Lipinski definition) is 0. The zero-order valence-corrected chi connectivity index (χ0v) is 11.2. The Hall–Kier alpha value is -1.82. The minimum Gasteiger partial charge on any atom is -0.424 e. The molecule has 0 radical (unpaired) electrons. The lowest BCUT2D eigenvalue weighted by atomic mass is 10.1. The lowest BCUT2D eigenvalue weighted by Gasteiger charge is -2.30. The minimum absolute atomic E-state index is 0.121. The van der Waals surface area contributed by atoms with Crippen LogP contribution in [0.2, 0.25) is 0 Å². The lowest BCUT2D eigenvalue weighted by Crippen LogP contribution is -2.33. The van der Waals surface area contributed by atoms with E-state index in [1.54, 1.807) is 6.33 Å². The van der Waals surface area contributed by atoms with Crippen molar-refractivity contribution in [2.24, 2.45) is 0 Å². The number of nitrogens with zero attached hydrogens (tertiary/aromatic N) is 5. The maximum Gasteiger partial charge on any atom is 0.233 e. The molecule has 2 aromatic rings. The van der Waals surface area contributed by atoms with Crippen molar-refractivity contribution < 1.29 is 4.42 Å². The Morgan fingerprint density at radius 2 is 2.32 bits per heavy atom. The minimum atomic E-state index is 0.121. The van der Waals surface area contributed by atoms with Crippen molar-refractivity contribution in [1.29, 1.82) is 0 Å². The SMILES string of the molecule is CCc1nnc([C@H](C)N2CCc3cncnc3C2)o1. The van der Waals surface area contributed by atoms with Gasteiger partial charge < -0.3 is 4.42 Å². The fourth-order valence-electron chi connectivity index (χ4n) is 2.34. The Morgan fingerprint density at radius 1 is 1.42 bits per heavy atom. The number of rotatable bonds is 3. The van der Waals surface area contributed by atoms with E-state index in [2.05, 4.69) is 32.0 Å². The van der Waals surface area contributed by atoms with E-state index < -0.39 is 0 Å². The van der Waals surface area contributed by atoms with E-state index >= 15 is 0 Å². The average Bonchev–Trinajstić information content (AvgIpc) is 2.95. The zero-order valence-electron chi connectivity index (χ0n) is 11.2. The Kier molecular flexibility index (Phi) is 3.25. The van der Waals surface area contributed by atoms with Crippen LogP contribution >= 0.6 is 0 Å². The molecule has 0 aliphatic carbocycles. The van der Waals surface area contributed by atoms with Gasteiger partial charge in [-0.25, -0.2) is 9.97 Å². The molecule has 2 aromatic heterocycles. The zero-order chi connectivity index (χ0) is 13.2. The van der Waals surface area contributed by atoms with Crippen LogP contribution in [0, 0.1) is 0 Å². The molecule has 6 heteroatoms. The van der Waals surface area contributed by atoms with Gasteiger partial charge in [0.15, 0.2) is 0 Å². The van der Waals surface area contributed by atoms with Crippen molar-refractivity contribution in [3.05, 3.63) is 35.6 Å². The molecule has 3 rings (SSSR count). The molecule has 1 atom stereocenters. The Bertz CT molecular complexity index is 568. The van der Waals surface area contributed by atoms with Crippen molar-refractivity contribution in [3.8, 4) is 0 Å².